The van der Waals surface area contributed by atoms with Gasteiger partial charge in [-0.2, -0.15) is 0 Å². The van der Waals surface area contributed by atoms with Gasteiger partial charge in [-0.25, -0.2) is 23.1 Å². The lowest BCUT2D eigenvalue weighted by atomic mass is 10.1. The summed E-state index contributed by atoms with van der Waals surface area (Å²) >= 11 is 0. The first-order chi connectivity index (χ1) is 9.44. The first-order valence-electron chi connectivity index (χ1n) is 6.04. The van der Waals surface area contributed by atoms with Gasteiger partial charge in [-0.15, -0.1) is 0 Å². The fourth-order valence-corrected chi connectivity index (χ4v) is 3.15. The molecule has 2 aromatic rings. The standard InChI is InChI=1S/C13H16N4O2S/c1-9-6-11(8-14)7-12(10(9)2)20(18,19)17-13-15-4-3-5-16-13/h3-7H,8,14H2,1-2H3,(H,15,16,17). The van der Waals surface area contributed by atoms with Crippen molar-refractivity contribution in [2.75, 3.05) is 4.72 Å². The molecule has 0 saturated carbocycles. The van der Waals surface area contributed by atoms with Gasteiger partial charge in [0.25, 0.3) is 10.0 Å². The highest BCUT2D eigenvalue weighted by atomic mass is 32.2. The van der Waals surface area contributed by atoms with Crippen LogP contribution in [0.2, 0.25) is 0 Å². The maximum atomic E-state index is 12.4. The van der Waals surface area contributed by atoms with E-state index in [1.54, 1.807) is 19.1 Å². The van der Waals surface area contributed by atoms with Crippen molar-refractivity contribution >= 4 is 16.0 Å². The summed E-state index contributed by atoms with van der Waals surface area (Å²) in [5.74, 6) is 0.0442. The van der Waals surface area contributed by atoms with E-state index in [1.165, 1.54) is 12.4 Å². The Morgan fingerprint density at radius 3 is 2.45 bits per heavy atom. The number of nitrogens with zero attached hydrogens (tertiary/aromatic N) is 2. The molecule has 1 aromatic carbocycles. The molecule has 0 atom stereocenters. The number of aryl methyl sites for hydroxylation is 1. The molecule has 7 heteroatoms. The average molecular weight is 292 g/mol. The van der Waals surface area contributed by atoms with E-state index < -0.39 is 10.0 Å². The smallest absolute Gasteiger partial charge is 0.264 e. The molecule has 0 spiro atoms. The molecule has 0 bridgehead atoms. The molecule has 1 heterocycles. The van der Waals surface area contributed by atoms with Crippen molar-refractivity contribution in [3.63, 3.8) is 0 Å². The minimum absolute atomic E-state index is 0.0442. The van der Waals surface area contributed by atoms with Gasteiger partial charge in [0.2, 0.25) is 5.95 Å². The van der Waals surface area contributed by atoms with Crippen LogP contribution in [0.3, 0.4) is 0 Å². The number of hydrogen-bond acceptors (Lipinski definition) is 5. The van der Waals surface area contributed by atoms with Gasteiger partial charge in [-0.3, -0.25) is 0 Å². The second-order valence-electron chi connectivity index (χ2n) is 4.42. The van der Waals surface area contributed by atoms with Crippen molar-refractivity contribution in [2.24, 2.45) is 5.73 Å². The zero-order valence-corrected chi connectivity index (χ0v) is 12.1. The Morgan fingerprint density at radius 2 is 1.85 bits per heavy atom. The zero-order valence-electron chi connectivity index (χ0n) is 11.3. The topological polar surface area (TPSA) is 98.0 Å². The van der Waals surface area contributed by atoms with Crippen LogP contribution in [0.5, 0.6) is 0 Å². The van der Waals surface area contributed by atoms with Gasteiger partial charge < -0.3 is 5.73 Å². The number of hydrogen-bond donors (Lipinski definition) is 2. The second-order valence-corrected chi connectivity index (χ2v) is 6.07. The maximum Gasteiger partial charge on any atom is 0.264 e. The van der Waals surface area contributed by atoms with Crippen LogP contribution < -0.4 is 10.5 Å². The van der Waals surface area contributed by atoms with Crippen molar-refractivity contribution in [1.29, 1.82) is 0 Å². The fraction of sp³-hybridized carbons (Fsp3) is 0.231. The Bertz CT molecular complexity index is 715. The monoisotopic (exact) mass is 292 g/mol. The Balaban J connectivity index is 2.47. The number of nitrogens with two attached hydrogens (primary N) is 1. The summed E-state index contributed by atoms with van der Waals surface area (Å²) in [7, 11) is -3.73. The number of anilines is 1. The summed E-state index contributed by atoms with van der Waals surface area (Å²) in [6.45, 7) is 3.90. The van der Waals surface area contributed by atoms with Crippen LogP contribution in [0.25, 0.3) is 0 Å². The van der Waals surface area contributed by atoms with Gasteiger partial charge in [0.05, 0.1) is 4.90 Å². The Kier molecular flexibility index (Phi) is 4.01. The summed E-state index contributed by atoms with van der Waals surface area (Å²) < 4.78 is 27.2. The first kappa shape index (κ1) is 14.4. The summed E-state index contributed by atoms with van der Waals surface area (Å²) in [4.78, 5) is 7.92. The van der Waals surface area contributed by atoms with Gasteiger partial charge in [0, 0.05) is 18.9 Å². The highest BCUT2D eigenvalue weighted by Crippen LogP contribution is 2.22. The number of rotatable bonds is 4. The van der Waals surface area contributed by atoms with Gasteiger partial charge in [0.1, 0.15) is 0 Å². The average Bonchev–Trinajstić information content (AvgIpc) is 2.42. The van der Waals surface area contributed by atoms with E-state index in [2.05, 4.69) is 14.7 Å². The summed E-state index contributed by atoms with van der Waals surface area (Å²) in [5.41, 5.74) is 7.92. The molecule has 106 valence electrons. The molecule has 0 fully saturated rings. The lowest BCUT2D eigenvalue weighted by Crippen LogP contribution is -2.17. The second kappa shape index (κ2) is 5.56. The first-order valence-corrected chi connectivity index (χ1v) is 7.52. The highest BCUT2D eigenvalue weighted by molar-refractivity contribution is 7.92. The molecular formula is C13H16N4O2S. The Labute approximate surface area is 118 Å². The van der Waals surface area contributed by atoms with E-state index in [4.69, 9.17) is 5.73 Å². The van der Waals surface area contributed by atoms with Gasteiger partial charge >= 0.3 is 0 Å². The van der Waals surface area contributed by atoms with Crippen molar-refractivity contribution in [2.45, 2.75) is 25.3 Å². The van der Waals surface area contributed by atoms with Gasteiger partial charge in [0.15, 0.2) is 0 Å². The quantitative estimate of drug-likeness (QED) is 0.886. The van der Waals surface area contributed by atoms with Crippen LogP contribution in [0, 0.1) is 13.8 Å². The molecule has 0 unspecified atom stereocenters. The van der Waals surface area contributed by atoms with E-state index in [9.17, 15) is 8.42 Å². The molecule has 0 saturated heterocycles. The number of benzene rings is 1. The SMILES string of the molecule is Cc1cc(CN)cc(S(=O)(=O)Nc2ncccn2)c1C. The predicted octanol–water partition coefficient (Wildman–Crippen LogP) is 1.35. The third kappa shape index (κ3) is 2.94. The molecule has 0 aliphatic rings. The lowest BCUT2D eigenvalue weighted by Gasteiger charge is -2.12. The lowest BCUT2D eigenvalue weighted by molar-refractivity contribution is 0.600. The fourth-order valence-electron chi connectivity index (χ4n) is 1.82. The normalized spacial score (nSPS) is 11.3. The predicted molar refractivity (Wildman–Crippen MR) is 76.6 cm³/mol. The van der Waals surface area contributed by atoms with E-state index in [0.717, 1.165) is 11.1 Å². The Hall–Kier alpha value is -1.99. The molecule has 0 aliphatic carbocycles. The minimum atomic E-state index is -3.73. The number of nitrogens with one attached hydrogen (secondary N) is 1. The molecule has 6 nitrogen and oxygen atoms in total. The number of sulfonamides is 1. The van der Waals surface area contributed by atoms with E-state index in [0.29, 0.717) is 5.56 Å². The molecule has 2 rings (SSSR count). The van der Waals surface area contributed by atoms with E-state index in [-0.39, 0.29) is 17.4 Å². The van der Waals surface area contributed by atoms with Crippen molar-refractivity contribution in [1.82, 2.24) is 9.97 Å². The number of aromatic nitrogens is 2. The van der Waals surface area contributed by atoms with Crippen LogP contribution in [0.15, 0.2) is 35.5 Å². The molecule has 1 aromatic heterocycles. The molecule has 0 radical (unpaired) electrons. The van der Waals surface area contributed by atoms with E-state index >= 15 is 0 Å². The van der Waals surface area contributed by atoms with Crippen LogP contribution >= 0.6 is 0 Å². The van der Waals surface area contributed by atoms with Gasteiger partial charge in [-0.05, 0) is 42.7 Å². The molecule has 3 N–H and O–H groups in total. The van der Waals surface area contributed by atoms with Crippen molar-refractivity contribution in [3.05, 3.63) is 47.3 Å². The summed E-state index contributed by atoms with van der Waals surface area (Å²) in [6.07, 6.45) is 2.94. The largest absolute Gasteiger partial charge is 0.326 e. The van der Waals surface area contributed by atoms with Crippen LogP contribution in [0.4, 0.5) is 5.95 Å². The summed E-state index contributed by atoms with van der Waals surface area (Å²) in [6, 6.07) is 5.07. The molecule has 0 amide bonds. The zero-order chi connectivity index (χ0) is 14.8. The highest BCUT2D eigenvalue weighted by Gasteiger charge is 2.19. The third-order valence-electron chi connectivity index (χ3n) is 3.00. The Morgan fingerprint density at radius 1 is 1.20 bits per heavy atom. The molecule has 0 aliphatic heterocycles. The van der Waals surface area contributed by atoms with Crippen molar-refractivity contribution in [3.8, 4) is 0 Å². The van der Waals surface area contributed by atoms with Crippen LogP contribution in [0.1, 0.15) is 16.7 Å². The van der Waals surface area contributed by atoms with Crippen molar-refractivity contribution < 1.29 is 8.42 Å². The van der Waals surface area contributed by atoms with Crippen LogP contribution in [-0.4, -0.2) is 18.4 Å². The van der Waals surface area contributed by atoms with Crippen LogP contribution in [-0.2, 0) is 16.6 Å². The van der Waals surface area contributed by atoms with E-state index in [1.807, 2.05) is 13.0 Å². The molecular weight excluding hydrogens is 276 g/mol. The third-order valence-corrected chi connectivity index (χ3v) is 4.45. The molecule has 20 heavy (non-hydrogen) atoms. The van der Waals surface area contributed by atoms with Gasteiger partial charge in [-0.1, -0.05) is 6.07 Å². The minimum Gasteiger partial charge on any atom is -0.326 e. The maximum absolute atomic E-state index is 12.4. The summed E-state index contributed by atoms with van der Waals surface area (Å²) in [5, 5.41) is 0.